The molecule has 1 saturated carbocycles. The number of aromatic nitrogens is 3. The number of rotatable bonds is 7. The summed E-state index contributed by atoms with van der Waals surface area (Å²) >= 11 is 0. The Kier molecular flexibility index (Phi) is 5.23. The summed E-state index contributed by atoms with van der Waals surface area (Å²) in [5, 5.41) is 6.39. The molecule has 5 rings (SSSR count). The van der Waals surface area contributed by atoms with Crippen LogP contribution in [0.1, 0.15) is 35.3 Å². The van der Waals surface area contributed by atoms with Crippen molar-refractivity contribution < 1.29 is 14.3 Å². The Hall–Kier alpha value is -3.13. The second-order valence-electron chi connectivity index (χ2n) is 8.35. The molecule has 8 nitrogen and oxygen atoms in total. The maximum atomic E-state index is 13.0. The van der Waals surface area contributed by atoms with Gasteiger partial charge in [0.2, 0.25) is 0 Å². The Morgan fingerprint density at radius 3 is 2.87 bits per heavy atom. The Morgan fingerprint density at radius 1 is 1.26 bits per heavy atom. The lowest BCUT2D eigenvalue weighted by Gasteiger charge is -2.13. The lowest BCUT2D eigenvalue weighted by molar-refractivity contribution is 0.0941. The molecule has 1 amide bonds. The summed E-state index contributed by atoms with van der Waals surface area (Å²) in [6.45, 7) is 4.29. The Balaban J connectivity index is 1.54. The summed E-state index contributed by atoms with van der Waals surface area (Å²) in [5.74, 6) is 1.97. The Labute approximate surface area is 180 Å². The molecule has 0 bridgehead atoms. The van der Waals surface area contributed by atoms with Gasteiger partial charge in [-0.2, -0.15) is 0 Å². The van der Waals surface area contributed by atoms with Crippen LogP contribution in [0.4, 0.5) is 0 Å². The highest BCUT2D eigenvalue weighted by molar-refractivity contribution is 6.09. The van der Waals surface area contributed by atoms with Gasteiger partial charge in [0, 0.05) is 29.9 Å². The van der Waals surface area contributed by atoms with E-state index in [1.807, 2.05) is 25.1 Å². The molecule has 2 aromatic heterocycles. The molecular weight excluding hydrogens is 394 g/mol. The molecule has 31 heavy (non-hydrogen) atoms. The van der Waals surface area contributed by atoms with Gasteiger partial charge in [0.1, 0.15) is 29.0 Å². The van der Waals surface area contributed by atoms with E-state index in [0.717, 1.165) is 47.8 Å². The number of hydrogen-bond acceptors (Lipinski definition) is 6. The number of nitrogens with zero attached hydrogens (tertiary/aromatic N) is 2. The number of H-pyrrole nitrogens is 1. The largest absolute Gasteiger partial charge is 0.497 e. The monoisotopic (exact) mass is 421 g/mol. The topological polar surface area (TPSA) is 101 Å². The van der Waals surface area contributed by atoms with Crippen LogP contribution in [0.25, 0.3) is 22.3 Å². The molecule has 162 valence electrons. The average Bonchev–Trinajstić information content (AvgIpc) is 3.34. The number of aromatic amines is 1. The number of nitrogens with one attached hydrogen (secondary N) is 3. The minimum Gasteiger partial charge on any atom is -0.497 e. The van der Waals surface area contributed by atoms with Crippen LogP contribution in [0.15, 0.2) is 24.5 Å². The highest BCUT2D eigenvalue weighted by Gasteiger charge is 2.26. The van der Waals surface area contributed by atoms with Crippen LogP contribution >= 0.6 is 0 Å². The van der Waals surface area contributed by atoms with Crippen molar-refractivity contribution in [3.05, 3.63) is 35.8 Å². The van der Waals surface area contributed by atoms with E-state index in [0.29, 0.717) is 29.3 Å². The minimum atomic E-state index is -0.109. The molecule has 1 aromatic carbocycles. The van der Waals surface area contributed by atoms with E-state index in [9.17, 15) is 4.79 Å². The van der Waals surface area contributed by atoms with Gasteiger partial charge >= 0.3 is 0 Å². The van der Waals surface area contributed by atoms with E-state index >= 15 is 0 Å². The van der Waals surface area contributed by atoms with Gasteiger partial charge < -0.3 is 25.1 Å². The molecular formula is C23H27N5O3. The number of benzene rings is 1. The van der Waals surface area contributed by atoms with Gasteiger partial charge in [0.05, 0.1) is 24.8 Å². The van der Waals surface area contributed by atoms with Crippen LogP contribution in [0, 0.1) is 12.8 Å². The van der Waals surface area contributed by atoms with Crippen molar-refractivity contribution in [3.63, 3.8) is 0 Å². The van der Waals surface area contributed by atoms with Crippen molar-refractivity contribution in [2.75, 3.05) is 26.8 Å². The summed E-state index contributed by atoms with van der Waals surface area (Å²) in [5.41, 5.74) is 4.25. The van der Waals surface area contributed by atoms with Gasteiger partial charge in [0.25, 0.3) is 5.91 Å². The van der Waals surface area contributed by atoms with Crippen molar-refractivity contribution in [1.82, 2.24) is 25.6 Å². The molecule has 1 unspecified atom stereocenters. The van der Waals surface area contributed by atoms with Crippen molar-refractivity contribution in [1.29, 1.82) is 0 Å². The van der Waals surface area contributed by atoms with Crippen LogP contribution in [-0.4, -0.2) is 53.7 Å². The summed E-state index contributed by atoms with van der Waals surface area (Å²) in [7, 11) is 1.64. The molecule has 3 N–H and O–H groups in total. The predicted molar refractivity (Wildman–Crippen MR) is 118 cm³/mol. The standard InChI is InChI=1S/C23H27N5O3/c1-13-19(23(29)28-15-7-8-24-10-15)21-22(27-13)20(25-12-26-21)17-6-5-16(30-2)9-18(17)31-11-14-3-4-14/h5-6,9,12,14-15,24,27H,3-4,7-8,10-11H2,1-2H3,(H,28,29). The third-order valence-corrected chi connectivity index (χ3v) is 6.01. The molecule has 2 aliphatic rings. The van der Waals surface area contributed by atoms with Crippen LogP contribution in [0.2, 0.25) is 0 Å². The number of carbonyl (C=O) groups excluding carboxylic acids is 1. The number of amides is 1. The fourth-order valence-electron chi connectivity index (χ4n) is 4.08. The quantitative estimate of drug-likeness (QED) is 0.542. The second-order valence-corrected chi connectivity index (χ2v) is 8.35. The maximum absolute atomic E-state index is 13.0. The van der Waals surface area contributed by atoms with Gasteiger partial charge in [-0.25, -0.2) is 9.97 Å². The SMILES string of the molecule is COc1ccc(-c2ncnc3c(C(=O)NC4CCNC4)c(C)[nH]c23)c(OCC2CC2)c1. The second kappa shape index (κ2) is 8.19. The summed E-state index contributed by atoms with van der Waals surface area (Å²) < 4.78 is 11.5. The van der Waals surface area contributed by atoms with Gasteiger partial charge in [-0.3, -0.25) is 4.79 Å². The third-order valence-electron chi connectivity index (χ3n) is 6.01. The number of ether oxygens (including phenoxy) is 2. The number of carbonyl (C=O) groups is 1. The van der Waals surface area contributed by atoms with Gasteiger partial charge in [-0.15, -0.1) is 0 Å². The Bertz CT molecular complexity index is 1120. The maximum Gasteiger partial charge on any atom is 0.255 e. The summed E-state index contributed by atoms with van der Waals surface area (Å²) in [6, 6.07) is 5.87. The van der Waals surface area contributed by atoms with Crippen LogP contribution in [0.3, 0.4) is 0 Å². The first-order valence-electron chi connectivity index (χ1n) is 10.8. The van der Waals surface area contributed by atoms with Crippen LogP contribution < -0.4 is 20.1 Å². The van der Waals surface area contributed by atoms with E-state index in [2.05, 4.69) is 25.6 Å². The first-order valence-corrected chi connectivity index (χ1v) is 10.8. The molecule has 0 radical (unpaired) electrons. The first-order chi connectivity index (χ1) is 15.1. The normalized spacial score (nSPS) is 18.3. The van der Waals surface area contributed by atoms with E-state index in [-0.39, 0.29) is 11.9 Å². The summed E-state index contributed by atoms with van der Waals surface area (Å²) in [4.78, 5) is 25.4. The molecule has 1 saturated heterocycles. The lowest BCUT2D eigenvalue weighted by Crippen LogP contribution is -2.36. The van der Waals surface area contributed by atoms with Crippen LogP contribution in [0.5, 0.6) is 11.5 Å². The van der Waals surface area contributed by atoms with Crippen LogP contribution in [-0.2, 0) is 0 Å². The number of fused-ring (bicyclic) bond motifs is 1. The minimum absolute atomic E-state index is 0.109. The van der Waals surface area contributed by atoms with Crippen molar-refractivity contribution in [3.8, 4) is 22.8 Å². The first kappa shape index (κ1) is 19.8. The zero-order chi connectivity index (χ0) is 21.4. The number of aryl methyl sites for hydroxylation is 1. The number of hydrogen-bond donors (Lipinski definition) is 3. The Morgan fingerprint density at radius 2 is 2.13 bits per heavy atom. The molecule has 8 heteroatoms. The van der Waals surface area contributed by atoms with Crippen molar-refractivity contribution in [2.45, 2.75) is 32.2 Å². The molecule has 1 aliphatic carbocycles. The molecule has 2 fully saturated rings. The lowest BCUT2D eigenvalue weighted by atomic mass is 10.1. The number of methoxy groups -OCH3 is 1. The van der Waals surface area contributed by atoms with E-state index in [4.69, 9.17) is 9.47 Å². The zero-order valence-corrected chi connectivity index (χ0v) is 17.8. The van der Waals surface area contributed by atoms with E-state index < -0.39 is 0 Å². The van der Waals surface area contributed by atoms with Crippen molar-refractivity contribution >= 4 is 16.9 Å². The van der Waals surface area contributed by atoms with E-state index in [1.165, 1.54) is 19.2 Å². The smallest absolute Gasteiger partial charge is 0.255 e. The van der Waals surface area contributed by atoms with Gasteiger partial charge in [-0.05, 0) is 50.8 Å². The molecule has 1 aliphatic heterocycles. The zero-order valence-electron chi connectivity index (χ0n) is 17.8. The average molecular weight is 422 g/mol. The van der Waals surface area contributed by atoms with E-state index in [1.54, 1.807) is 7.11 Å². The fraction of sp³-hybridized carbons (Fsp3) is 0.435. The molecule has 3 aromatic rings. The van der Waals surface area contributed by atoms with Gasteiger partial charge in [-0.1, -0.05) is 0 Å². The summed E-state index contributed by atoms with van der Waals surface area (Å²) in [6.07, 6.45) is 4.86. The highest BCUT2D eigenvalue weighted by atomic mass is 16.5. The molecule has 0 spiro atoms. The molecule has 3 heterocycles. The molecule has 1 atom stereocenters. The highest BCUT2D eigenvalue weighted by Crippen LogP contribution is 2.38. The van der Waals surface area contributed by atoms with Gasteiger partial charge in [0.15, 0.2) is 0 Å². The fourth-order valence-corrected chi connectivity index (χ4v) is 4.08. The van der Waals surface area contributed by atoms with Crippen molar-refractivity contribution in [2.24, 2.45) is 5.92 Å². The third kappa shape index (κ3) is 3.95. The predicted octanol–water partition coefficient (Wildman–Crippen LogP) is 2.82.